The first-order chi connectivity index (χ1) is 12.9. The molecule has 1 aromatic rings. The van der Waals surface area contributed by atoms with E-state index in [9.17, 15) is 9.59 Å². The summed E-state index contributed by atoms with van der Waals surface area (Å²) in [7, 11) is 3.47. The molecule has 0 aliphatic heterocycles. The standard InChI is InChI=1S/C20H33N5O2/c1-6-15(3)24-18(26)12-13-22-20(21-7-2)23-14-16-8-10-17(11-9-16)19(27)25(4)5/h8-11,15H,6-7,12-14H2,1-5H3,(H,24,26)(H2,21,22,23). The number of nitrogens with one attached hydrogen (secondary N) is 3. The van der Waals surface area contributed by atoms with E-state index < -0.39 is 0 Å². The zero-order valence-electron chi connectivity index (χ0n) is 17.1. The van der Waals surface area contributed by atoms with Gasteiger partial charge in [-0.05, 0) is 38.0 Å². The van der Waals surface area contributed by atoms with Crippen LogP contribution in [0.4, 0.5) is 0 Å². The number of carbonyl (C=O) groups excluding carboxylic acids is 2. The Bertz CT molecular complexity index is 626. The van der Waals surface area contributed by atoms with Gasteiger partial charge in [0.1, 0.15) is 0 Å². The van der Waals surface area contributed by atoms with Crippen molar-refractivity contribution in [2.45, 2.75) is 46.2 Å². The number of guanidine groups is 1. The lowest BCUT2D eigenvalue weighted by atomic mass is 10.1. The fourth-order valence-electron chi connectivity index (χ4n) is 2.27. The average molecular weight is 376 g/mol. The van der Waals surface area contributed by atoms with Gasteiger partial charge >= 0.3 is 0 Å². The van der Waals surface area contributed by atoms with E-state index in [1.807, 2.05) is 45.0 Å². The summed E-state index contributed by atoms with van der Waals surface area (Å²) in [5.74, 6) is 0.687. The summed E-state index contributed by atoms with van der Waals surface area (Å²) in [5.41, 5.74) is 1.67. The predicted molar refractivity (Wildman–Crippen MR) is 110 cm³/mol. The van der Waals surface area contributed by atoms with Crippen LogP contribution in [0, 0.1) is 0 Å². The van der Waals surface area contributed by atoms with Gasteiger partial charge < -0.3 is 20.9 Å². The summed E-state index contributed by atoms with van der Waals surface area (Å²) in [6.07, 6.45) is 1.32. The maximum Gasteiger partial charge on any atom is 0.253 e. The van der Waals surface area contributed by atoms with Gasteiger partial charge in [0, 0.05) is 45.2 Å². The van der Waals surface area contributed by atoms with Crippen molar-refractivity contribution in [2.24, 2.45) is 4.99 Å². The van der Waals surface area contributed by atoms with E-state index in [1.54, 1.807) is 19.0 Å². The van der Waals surface area contributed by atoms with Crippen LogP contribution in [-0.2, 0) is 11.3 Å². The maximum absolute atomic E-state index is 11.9. The van der Waals surface area contributed by atoms with E-state index >= 15 is 0 Å². The Morgan fingerprint density at radius 2 is 1.78 bits per heavy atom. The van der Waals surface area contributed by atoms with E-state index in [0.29, 0.717) is 31.0 Å². The Labute approximate surface area is 162 Å². The van der Waals surface area contributed by atoms with Crippen LogP contribution in [0.5, 0.6) is 0 Å². The minimum Gasteiger partial charge on any atom is -0.357 e. The lowest BCUT2D eigenvalue weighted by Gasteiger charge is -2.13. The fourth-order valence-corrected chi connectivity index (χ4v) is 2.27. The number of rotatable bonds is 9. The van der Waals surface area contributed by atoms with Gasteiger partial charge in [0.05, 0.1) is 6.54 Å². The number of benzene rings is 1. The molecule has 0 bridgehead atoms. The van der Waals surface area contributed by atoms with Crippen molar-refractivity contribution in [1.29, 1.82) is 0 Å². The quantitative estimate of drug-likeness (QED) is 0.453. The first-order valence-electron chi connectivity index (χ1n) is 9.49. The van der Waals surface area contributed by atoms with Crippen molar-refractivity contribution in [1.82, 2.24) is 20.9 Å². The molecular formula is C20H33N5O2. The molecule has 0 fully saturated rings. The lowest BCUT2D eigenvalue weighted by Crippen LogP contribution is -2.40. The van der Waals surface area contributed by atoms with Crippen LogP contribution in [0.3, 0.4) is 0 Å². The number of hydrogen-bond acceptors (Lipinski definition) is 3. The van der Waals surface area contributed by atoms with E-state index in [4.69, 9.17) is 0 Å². The molecule has 7 heteroatoms. The van der Waals surface area contributed by atoms with E-state index in [2.05, 4.69) is 20.9 Å². The third-order valence-electron chi connectivity index (χ3n) is 4.04. The lowest BCUT2D eigenvalue weighted by molar-refractivity contribution is -0.121. The molecule has 150 valence electrons. The Kier molecular flexibility index (Phi) is 9.93. The van der Waals surface area contributed by atoms with Crippen molar-refractivity contribution in [3.8, 4) is 0 Å². The smallest absolute Gasteiger partial charge is 0.253 e. The van der Waals surface area contributed by atoms with E-state index in [-0.39, 0.29) is 17.9 Å². The summed E-state index contributed by atoms with van der Waals surface area (Å²) in [6.45, 7) is 7.78. The zero-order chi connectivity index (χ0) is 20.2. The Morgan fingerprint density at radius 3 is 2.33 bits per heavy atom. The zero-order valence-corrected chi connectivity index (χ0v) is 17.1. The number of nitrogens with zero attached hydrogens (tertiary/aromatic N) is 2. The van der Waals surface area contributed by atoms with Gasteiger partial charge in [0.25, 0.3) is 5.91 Å². The monoisotopic (exact) mass is 375 g/mol. The minimum atomic E-state index is -0.0178. The van der Waals surface area contributed by atoms with Crippen LogP contribution >= 0.6 is 0 Å². The van der Waals surface area contributed by atoms with Gasteiger partial charge in [-0.2, -0.15) is 0 Å². The molecule has 0 radical (unpaired) electrons. The van der Waals surface area contributed by atoms with Crippen molar-refractivity contribution < 1.29 is 9.59 Å². The predicted octanol–water partition coefficient (Wildman–Crippen LogP) is 1.75. The normalized spacial score (nSPS) is 12.3. The summed E-state index contributed by atoms with van der Waals surface area (Å²) >= 11 is 0. The number of hydrogen-bond donors (Lipinski definition) is 3. The number of carbonyl (C=O) groups is 2. The third-order valence-corrected chi connectivity index (χ3v) is 4.04. The second-order valence-corrected chi connectivity index (χ2v) is 6.65. The molecule has 1 unspecified atom stereocenters. The van der Waals surface area contributed by atoms with Gasteiger partial charge in [-0.25, -0.2) is 4.99 Å². The molecule has 0 heterocycles. The largest absolute Gasteiger partial charge is 0.357 e. The Hall–Kier alpha value is -2.57. The Morgan fingerprint density at radius 1 is 1.11 bits per heavy atom. The molecule has 1 rings (SSSR count). The highest BCUT2D eigenvalue weighted by molar-refractivity contribution is 5.93. The molecule has 1 aromatic carbocycles. The summed E-state index contributed by atoms with van der Waals surface area (Å²) in [6, 6.07) is 7.63. The molecule has 0 aliphatic carbocycles. The molecule has 7 nitrogen and oxygen atoms in total. The molecule has 0 saturated carbocycles. The molecule has 0 aliphatic rings. The molecular weight excluding hydrogens is 342 g/mol. The molecule has 0 saturated heterocycles. The maximum atomic E-state index is 11.9. The molecule has 27 heavy (non-hydrogen) atoms. The van der Waals surface area contributed by atoms with Crippen molar-refractivity contribution in [3.63, 3.8) is 0 Å². The fraction of sp³-hybridized carbons (Fsp3) is 0.550. The summed E-state index contributed by atoms with van der Waals surface area (Å²) in [4.78, 5) is 29.8. The molecule has 0 spiro atoms. The van der Waals surface area contributed by atoms with Gasteiger partial charge in [-0.1, -0.05) is 19.1 Å². The number of aliphatic imine (C=N–C) groups is 1. The van der Waals surface area contributed by atoms with Gasteiger partial charge in [0.2, 0.25) is 5.91 Å². The van der Waals surface area contributed by atoms with Gasteiger partial charge in [0.15, 0.2) is 5.96 Å². The molecule has 2 amide bonds. The van der Waals surface area contributed by atoms with Gasteiger partial charge in [-0.15, -0.1) is 0 Å². The second-order valence-electron chi connectivity index (χ2n) is 6.65. The number of amides is 2. The first-order valence-corrected chi connectivity index (χ1v) is 9.49. The summed E-state index contributed by atoms with van der Waals surface area (Å²) < 4.78 is 0. The molecule has 0 aromatic heterocycles. The highest BCUT2D eigenvalue weighted by atomic mass is 16.2. The van der Waals surface area contributed by atoms with Crippen LogP contribution < -0.4 is 16.0 Å². The van der Waals surface area contributed by atoms with E-state index in [0.717, 1.165) is 18.5 Å². The topological polar surface area (TPSA) is 85.8 Å². The minimum absolute atomic E-state index is 0.0178. The van der Waals surface area contributed by atoms with Crippen molar-refractivity contribution in [2.75, 3.05) is 27.2 Å². The highest BCUT2D eigenvalue weighted by Gasteiger charge is 2.08. The average Bonchev–Trinajstić information content (AvgIpc) is 2.65. The van der Waals surface area contributed by atoms with Crippen LogP contribution in [-0.4, -0.2) is 55.9 Å². The van der Waals surface area contributed by atoms with Crippen LogP contribution in [0.2, 0.25) is 0 Å². The molecule has 3 N–H and O–H groups in total. The van der Waals surface area contributed by atoms with Crippen LogP contribution in [0.15, 0.2) is 29.3 Å². The van der Waals surface area contributed by atoms with Crippen LogP contribution in [0.25, 0.3) is 0 Å². The summed E-state index contributed by atoms with van der Waals surface area (Å²) in [5, 5.41) is 9.29. The van der Waals surface area contributed by atoms with Crippen LogP contribution in [0.1, 0.15) is 49.5 Å². The van der Waals surface area contributed by atoms with Crippen molar-refractivity contribution >= 4 is 17.8 Å². The third kappa shape index (κ3) is 8.57. The Balaban J connectivity index is 2.55. The first kappa shape index (κ1) is 22.5. The second kappa shape index (κ2) is 11.9. The SMILES string of the molecule is CCNC(=NCc1ccc(C(=O)N(C)C)cc1)NCCC(=O)NC(C)CC. The van der Waals surface area contributed by atoms with E-state index in [1.165, 1.54) is 0 Å². The van der Waals surface area contributed by atoms with Crippen molar-refractivity contribution in [3.05, 3.63) is 35.4 Å². The highest BCUT2D eigenvalue weighted by Crippen LogP contribution is 2.07. The molecule has 1 atom stereocenters. The van der Waals surface area contributed by atoms with Gasteiger partial charge in [-0.3, -0.25) is 9.59 Å².